The Balaban J connectivity index is 2.34. The average Bonchev–Trinajstić information content (AvgIpc) is 3.23. The molecular formula is C19H24Cl2N2O8S3. The number of nitrogens with zero attached hydrogens (tertiary/aromatic N) is 2. The number of rotatable bonds is 15. The van der Waals surface area contributed by atoms with E-state index in [1.165, 1.54) is 23.6 Å². The average molecular weight is 576 g/mol. The van der Waals surface area contributed by atoms with Crippen molar-refractivity contribution in [3.63, 3.8) is 0 Å². The van der Waals surface area contributed by atoms with Crippen LogP contribution in [0.25, 0.3) is 0 Å². The highest BCUT2D eigenvalue weighted by molar-refractivity contribution is 7.91. The van der Waals surface area contributed by atoms with Crippen LogP contribution in [0, 0.1) is 10.1 Å². The summed E-state index contributed by atoms with van der Waals surface area (Å²) in [6.45, 7) is 0.434. The van der Waals surface area contributed by atoms with E-state index in [0.717, 1.165) is 17.0 Å². The number of aliphatic hydroxyl groups excluding tert-OH is 1. The molecule has 0 saturated carbocycles. The fourth-order valence-corrected chi connectivity index (χ4v) is 7.05. The van der Waals surface area contributed by atoms with Crippen LogP contribution in [0.15, 0.2) is 35.7 Å². The summed E-state index contributed by atoms with van der Waals surface area (Å²) in [7, 11) is -8.30. The summed E-state index contributed by atoms with van der Waals surface area (Å²) < 4.78 is 55.7. The maximum Gasteiger partial charge on any atom is 0.328 e. The Labute approximate surface area is 212 Å². The van der Waals surface area contributed by atoms with Crippen molar-refractivity contribution in [1.29, 1.82) is 0 Å². The van der Waals surface area contributed by atoms with E-state index in [0.29, 0.717) is 24.8 Å². The van der Waals surface area contributed by atoms with Gasteiger partial charge in [-0.2, -0.15) is 8.42 Å². The van der Waals surface area contributed by atoms with Crippen LogP contribution in [0.4, 0.5) is 10.7 Å². The molecule has 0 saturated heterocycles. The Morgan fingerprint density at radius 1 is 1.06 bits per heavy atom. The number of halogens is 2. The molecule has 10 nitrogen and oxygen atoms in total. The summed E-state index contributed by atoms with van der Waals surface area (Å²) in [5.74, 6) is -0.456. The van der Waals surface area contributed by atoms with Gasteiger partial charge in [-0.3, -0.25) is 10.1 Å². The third-order valence-corrected chi connectivity index (χ3v) is 9.24. The van der Waals surface area contributed by atoms with Crippen molar-refractivity contribution in [3.05, 3.63) is 51.4 Å². The van der Waals surface area contributed by atoms with Crippen molar-refractivity contribution in [2.45, 2.75) is 11.7 Å². The van der Waals surface area contributed by atoms with Crippen molar-refractivity contribution in [2.24, 2.45) is 0 Å². The Hall–Kier alpha value is -1.64. The molecule has 0 spiro atoms. The molecule has 1 heterocycles. The summed E-state index contributed by atoms with van der Waals surface area (Å²) in [6, 6.07) is 7.36. The fourth-order valence-electron chi connectivity index (χ4n) is 3.17. The first-order valence-electron chi connectivity index (χ1n) is 9.98. The SMILES string of the molecule is O=[N+]([O-])c1sccc1C(CCS(=O)(=O)CCO)S(=O)(=O)Oc1ccc(N(CCCl)CCCl)cc1. The summed E-state index contributed by atoms with van der Waals surface area (Å²) in [6.07, 6.45) is -0.473. The number of sulfone groups is 1. The molecule has 0 aliphatic rings. The van der Waals surface area contributed by atoms with Crippen LogP contribution < -0.4 is 9.08 Å². The molecule has 2 aromatic rings. The summed E-state index contributed by atoms with van der Waals surface area (Å²) in [5, 5.41) is 19.7. The van der Waals surface area contributed by atoms with Crippen molar-refractivity contribution in [3.8, 4) is 5.75 Å². The third-order valence-electron chi connectivity index (χ3n) is 4.75. The van der Waals surface area contributed by atoms with Gasteiger partial charge in [0, 0.05) is 30.5 Å². The number of aliphatic hydroxyl groups is 1. The molecule has 190 valence electrons. The molecule has 1 aromatic carbocycles. The minimum atomic E-state index is -4.53. The molecule has 15 heteroatoms. The van der Waals surface area contributed by atoms with Crippen LogP contribution >= 0.6 is 34.5 Å². The highest BCUT2D eigenvalue weighted by atomic mass is 35.5. The van der Waals surface area contributed by atoms with E-state index >= 15 is 0 Å². The predicted molar refractivity (Wildman–Crippen MR) is 134 cm³/mol. The Bertz CT molecular complexity index is 1150. The molecule has 0 amide bonds. The first kappa shape index (κ1) is 28.6. The second-order valence-electron chi connectivity index (χ2n) is 7.03. The van der Waals surface area contributed by atoms with E-state index in [9.17, 15) is 26.9 Å². The minimum absolute atomic E-state index is 0.0402. The summed E-state index contributed by atoms with van der Waals surface area (Å²) in [5.41, 5.74) is 0.590. The number of alkyl halides is 2. The van der Waals surface area contributed by atoms with Crippen molar-refractivity contribution in [2.75, 3.05) is 47.9 Å². The van der Waals surface area contributed by atoms with Gasteiger partial charge in [0.2, 0.25) is 0 Å². The monoisotopic (exact) mass is 574 g/mol. The Morgan fingerprint density at radius 2 is 1.68 bits per heavy atom. The number of benzene rings is 1. The second-order valence-corrected chi connectivity index (χ2v) is 12.7. The highest BCUT2D eigenvalue weighted by Gasteiger charge is 2.36. The van der Waals surface area contributed by atoms with Gasteiger partial charge in [0.15, 0.2) is 9.84 Å². The molecule has 1 unspecified atom stereocenters. The van der Waals surface area contributed by atoms with Gasteiger partial charge in [-0.15, -0.1) is 23.2 Å². The Morgan fingerprint density at radius 3 is 2.21 bits per heavy atom. The predicted octanol–water partition coefficient (Wildman–Crippen LogP) is 3.19. The molecule has 0 radical (unpaired) electrons. The van der Waals surface area contributed by atoms with Crippen LogP contribution in [0.5, 0.6) is 5.75 Å². The number of nitro groups is 1. The van der Waals surface area contributed by atoms with Gasteiger partial charge in [-0.1, -0.05) is 11.3 Å². The van der Waals surface area contributed by atoms with E-state index in [1.54, 1.807) is 12.1 Å². The van der Waals surface area contributed by atoms with Gasteiger partial charge in [-0.25, -0.2) is 8.42 Å². The van der Waals surface area contributed by atoms with Crippen molar-refractivity contribution >= 4 is 65.2 Å². The molecule has 1 atom stereocenters. The van der Waals surface area contributed by atoms with Gasteiger partial charge in [-0.05, 0) is 42.1 Å². The molecule has 1 aromatic heterocycles. The first-order valence-corrected chi connectivity index (χ1v) is 15.2. The standard InChI is InChI=1S/C19H24Cl2N2O8S3/c20-7-9-22(10-8-21)15-1-3-16(4-2-15)31-34(29,30)18(6-13-33(27,28)14-11-24)17-5-12-32-19(17)23(25)26/h1-5,12,18,24H,6-11,13-14H2. The van der Waals surface area contributed by atoms with Crippen LogP contribution in [0.2, 0.25) is 0 Å². The van der Waals surface area contributed by atoms with Gasteiger partial charge >= 0.3 is 15.1 Å². The molecule has 1 N–H and O–H groups in total. The van der Waals surface area contributed by atoms with Crippen LogP contribution in [-0.4, -0.2) is 69.8 Å². The number of hydrogen-bond donors (Lipinski definition) is 1. The van der Waals surface area contributed by atoms with Crippen LogP contribution in [-0.2, 0) is 20.0 Å². The molecule has 2 rings (SSSR count). The van der Waals surface area contributed by atoms with Crippen LogP contribution in [0.3, 0.4) is 0 Å². The Kier molecular flexibility index (Phi) is 10.8. The molecule has 0 aliphatic carbocycles. The number of thiophene rings is 1. The van der Waals surface area contributed by atoms with E-state index < -0.39 is 59.7 Å². The third kappa shape index (κ3) is 7.95. The zero-order valence-corrected chi connectivity index (χ0v) is 21.8. The summed E-state index contributed by atoms with van der Waals surface area (Å²) in [4.78, 5) is 12.6. The van der Waals surface area contributed by atoms with Gasteiger partial charge in [0.1, 0.15) is 11.0 Å². The molecule has 0 bridgehead atoms. The van der Waals surface area contributed by atoms with Crippen LogP contribution in [0.1, 0.15) is 17.2 Å². The first-order chi connectivity index (χ1) is 16.0. The van der Waals surface area contributed by atoms with E-state index in [-0.39, 0.29) is 11.3 Å². The van der Waals surface area contributed by atoms with Gasteiger partial charge in [0.05, 0.1) is 28.6 Å². The zero-order chi connectivity index (χ0) is 25.4. The smallest absolute Gasteiger partial charge is 0.328 e. The molecule has 0 fully saturated rings. The fraction of sp³-hybridized carbons (Fsp3) is 0.474. The van der Waals surface area contributed by atoms with E-state index in [1.807, 2.05) is 4.90 Å². The van der Waals surface area contributed by atoms with Gasteiger partial charge < -0.3 is 14.2 Å². The van der Waals surface area contributed by atoms with E-state index in [4.69, 9.17) is 32.5 Å². The number of hydrogen-bond acceptors (Lipinski definition) is 10. The topological polar surface area (TPSA) is 144 Å². The minimum Gasteiger partial charge on any atom is -0.395 e. The second kappa shape index (κ2) is 12.9. The molecule has 0 aliphatic heterocycles. The van der Waals surface area contributed by atoms with E-state index in [2.05, 4.69) is 0 Å². The number of anilines is 1. The maximum atomic E-state index is 13.1. The maximum absolute atomic E-state index is 13.1. The lowest BCUT2D eigenvalue weighted by atomic mass is 10.2. The normalized spacial score (nSPS) is 12.9. The molecule has 34 heavy (non-hydrogen) atoms. The zero-order valence-electron chi connectivity index (χ0n) is 17.9. The lowest BCUT2D eigenvalue weighted by Crippen LogP contribution is -2.27. The highest BCUT2D eigenvalue weighted by Crippen LogP contribution is 2.38. The van der Waals surface area contributed by atoms with Crippen molar-refractivity contribution in [1.82, 2.24) is 0 Å². The summed E-state index contributed by atoms with van der Waals surface area (Å²) >= 11 is 12.3. The van der Waals surface area contributed by atoms with Crippen molar-refractivity contribution < 1.29 is 31.0 Å². The largest absolute Gasteiger partial charge is 0.395 e. The lowest BCUT2D eigenvalue weighted by molar-refractivity contribution is -0.380. The quantitative estimate of drug-likeness (QED) is 0.147. The van der Waals surface area contributed by atoms with Gasteiger partial charge in [0.25, 0.3) is 0 Å². The molecular weight excluding hydrogens is 551 g/mol. The lowest BCUT2D eigenvalue weighted by Gasteiger charge is -2.23.